The molecule has 4 nitrogen and oxygen atoms in total. The Labute approximate surface area is 77.4 Å². The van der Waals surface area contributed by atoms with Crippen LogP contribution in [0.5, 0.6) is 0 Å². The predicted octanol–water partition coefficient (Wildman–Crippen LogP) is 1.65. The molecular weight excluding hydrogens is 164 g/mol. The number of anilines is 1. The number of fused-ring (bicyclic) bond motifs is 1. The summed E-state index contributed by atoms with van der Waals surface area (Å²) in [4.78, 5) is 4.04. The van der Waals surface area contributed by atoms with E-state index in [1.54, 1.807) is 4.52 Å². The lowest BCUT2D eigenvalue weighted by Gasteiger charge is -1.91. The third-order valence-electron chi connectivity index (χ3n) is 1.57. The van der Waals surface area contributed by atoms with Crippen LogP contribution in [0.25, 0.3) is 5.65 Å². The minimum atomic E-state index is 0.319. The first-order valence-electron chi connectivity index (χ1n) is 4.35. The molecule has 0 aliphatic carbocycles. The first-order valence-corrected chi connectivity index (χ1v) is 4.35. The normalized spacial score (nSPS) is 9.46. The van der Waals surface area contributed by atoms with Crippen LogP contribution in [0.2, 0.25) is 0 Å². The SMILES string of the molecule is CC.Cc1cccn2nc(N)nc12. The van der Waals surface area contributed by atoms with Crippen LogP contribution < -0.4 is 5.73 Å². The van der Waals surface area contributed by atoms with Crippen molar-refractivity contribution in [3.63, 3.8) is 0 Å². The van der Waals surface area contributed by atoms with Gasteiger partial charge in [0.25, 0.3) is 0 Å². The van der Waals surface area contributed by atoms with Crippen molar-refractivity contribution in [2.75, 3.05) is 5.73 Å². The Balaban J connectivity index is 0.000000396. The average molecular weight is 178 g/mol. The second-order valence-corrected chi connectivity index (χ2v) is 2.43. The fraction of sp³-hybridized carbons (Fsp3) is 0.333. The molecular formula is C9H14N4. The molecule has 0 amide bonds. The fourth-order valence-corrected chi connectivity index (χ4v) is 1.06. The second kappa shape index (κ2) is 3.89. The summed E-state index contributed by atoms with van der Waals surface area (Å²) in [6.07, 6.45) is 1.83. The molecule has 70 valence electrons. The van der Waals surface area contributed by atoms with Gasteiger partial charge in [-0.1, -0.05) is 19.9 Å². The average Bonchev–Trinajstić information content (AvgIpc) is 2.51. The van der Waals surface area contributed by atoms with Gasteiger partial charge in [-0.05, 0) is 18.6 Å². The van der Waals surface area contributed by atoms with Gasteiger partial charge >= 0.3 is 0 Å². The molecule has 0 aliphatic heterocycles. The standard InChI is InChI=1S/C7H8N4.C2H6/c1-5-3-2-4-11-6(5)9-7(8)10-11;1-2/h2-4H,1H3,(H2,8,10);1-2H3. The van der Waals surface area contributed by atoms with Crippen LogP contribution in [0.15, 0.2) is 18.3 Å². The van der Waals surface area contributed by atoms with E-state index in [1.807, 2.05) is 39.1 Å². The van der Waals surface area contributed by atoms with Crippen molar-refractivity contribution < 1.29 is 0 Å². The number of pyridine rings is 1. The first kappa shape index (κ1) is 9.51. The van der Waals surface area contributed by atoms with Gasteiger partial charge in [0.2, 0.25) is 5.95 Å². The molecule has 0 aromatic carbocycles. The van der Waals surface area contributed by atoms with E-state index in [0.717, 1.165) is 11.2 Å². The number of hydrogen-bond acceptors (Lipinski definition) is 3. The summed E-state index contributed by atoms with van der Waals surface area (Å²) in [5.74, 6) is 0.319. The van der Waals surface area contributed by atoms with Gasteiger partial charge < -0.3 is 5.73 Å². The number of nitrogens with two attached hydrogens (primary N) is 1. The maximum atomic E-state index is 5.42. The van der Waals surface area contributed by atoms with Crippen LogP contribution in [-0.2, 0) is 0 Å². The molecule has 13 heavy (non-hydrogen) atoms. The van der Waals surface area contributed by atoms with Crippen molar-refractivity contribution in [2.45, 2.75) is 20.8 Å². The third kappa shape index (κ3) is 1.77. The Kier molecular flexibility index (Phi) is 2.84. The molecule has 0 unspecified atom stereocenters. The quantitative estimate of drug-likeness (QED) is 0.667. The van der Waals surface area contributed by atoms with Gasteiger partial charge in [0.05, 0.1) is 0 Å². The zero-order valence-corrected chi connectivity index (χ0v) is 8.15. The number of rotatable bonds is 0. The van der Waals surface area contributed by atoms with Gasteiger partial charge in [0.15, 0.2) is 5.65 Å². The minimum Gasteiger partial charge on any atom is -0.366 e. The summed E-state index contributed by atoms with van der Waals surface area (Å²) in [6.45, 7) is 5.98. The number of nitrogens with zero attached hydrogens (tertiary/aromatic N) is 3. The zero-order chi connectivity index (χ0) is 9.84. The number of nitrogen functional groups attached to an aromatic ring is 1. The lowest BCUT2D eigenvalue weighted by molar-refractivity contribution is 0.962. The summed E-state index contributed by atoms with van der Waals surface area (Å²) >= 11 is 0. The van der Waals surface area contributed by atoms with Crippen LogP contribution in [0.4, 0.5) is 5.95 Å². The lowest BCUT2D eigenvalue weighted by Crippen LogP contribution is -1.88. The van der Waals surface area contributed by atoms with E-state index in [-0.39, 0.29) is 0 Å². The molecule has 2 aromatic heterocycles. The molecule has 2 heterocycles. The monoisotopic (exact) mass is 178 g/mol. The molecule has 0 saturated heterocycles. The Morgan fingerprint density at radius 3 is 2.69 bits per heavy atom. The van der Waals surface area contributed by atoms with E-state index in [9.17, 15) is 0 Å². The van der Waals surface area contributed by atoms with Gasteiger partial charge in [0.1, 0.15) is 0 Å². The topological polar surface area (TPSA) is 56.2 Å². The van der Waals surface area contributed by atoms with Crippen molar-refractivity contribution in [3.8, 4) is 0 Å². The van der Waals surface area contributed by atoms with E-state index >= 15 is 0 Å². The molecule has 0 radical (unpaired) electrons. The number of aryl methyl sites for hydroxylation is 1. The molecule has 0 atom stereocenters. The highest BCUT2D eigenvalue weighted by Gasteiger charge is 1.99. The van der Waals surface area contributed by atoms with Crippen molar-refractivity contribution in [1.82, 2.24) is 14.6 Å². The largest absolute Gasteiger partial charge is 0.366 e. The Bertz CT molecular complexity index is 391. The molecule has 2 aromatic rings. The van der Waals surface area contributed by atoms with Crippen LogP contribution >= 0.6 is 0 Å². The maximum Gasteiger partial charge on any atom is 0.240 e. The Morgan fingerprint density at radius 1 is 1.38 bits per heavy atom. The molecule has 0 aliphatic rings. The predicted molar refractivity (Wildman–Crippen MR) is 53.5 cm³/mol. The number of aromatic nitrogens is 3. The molecule has 0 bridgehead atoms. The Morgan fingerprint density at radius 2 is 2.08 bits per heavy atom. The zero-order valence-electron chi connectivity index (χ0n) is 8.15. The van der Waals surface area contributed by atoms with Crippen LogP contribution in [0.1, 0.15) is 19.4 Å². The van der Waals surface area contributed by atoms with Crippen LogP contribution in [-0.4, -0.2) is 14.6 Å². The van der Waals surface area contributed by atoms with E-state index in [2.05, 4.69) is 10.1 Å². The minimum absolute atomic E-state index is 0.319. The highest BCUT2D eigenvalue weighted by molar-refractivity contribution is 5.48. The van der Waals surface area contributed by atoms with Crippen LogP contribution in [0.3, 0.4) is 0 Å². The summed E-state index contributed by atoms with van der Waals surface area (Å²) < 4.78 is 1.67. The van der Waals surface area contributed by atoms with Crippen molar-refractivity contribution in [2.24, 2.45) is 0 Å². The molecule has 4 heteroatoms. The third-order valence-corrected chi connectivity index (χ3v) is 1.57. The Hall–Kier alpha value is -1.58. The summed E-state index contributed by atoms with van der Waals surface area (Å²) in [6, 6.07) is 3.89. The highest BCUT2D eigenvalue weighted by Crippen LogP contribution is 2.06. The number of hydrogen-bond donors (Lipinski definition) is 1. The van der Waals surface area contributed by atoms with Gasteiger partial charge in [0, 0.05) is 6.20 Å². The summed E-state index contributed by atoms with van der Waals surface area (Å²) in [5.41, 5.74) is 7.32. The smallest absolute Gasteiger partial charge is 0.240 e. The van der Waals surface area contributed by atoms with Crippen molar-refractivity contribution >= 4 is 11.6 Å². The second-order valence-electron chi connectivity index (χ2n) is 2.43. The van der Waals surface area contributed by atoms with E-state index in [1.165, 1.54) is 0 Å². The van der Waals surface area contributed by atoms with Gasteiger partial charge in [-0.2, -0.15) is 4.98 Å². The molecule has 0 spiro atoms. The maximum absolute atomic E-state index is 5.42. The molecule has 2 rings (SSSR count). The highest BCUT2D eigenvalue weighted by atomic mass is 15.3. The van der Waals surface area contributed by atoms with Gasteiger partial charge in [-0.3, -0.25) is 0 Å². The lowest BCUT2D eigenvalue weighted by atomic mass is 10.3. The molecule has 0 saturated carbocycles. The van der Waals surface area contributed by atoms with Crippen LogP contribution in [0, 0.1) is 6.92 Å². The van der Waals surface area contributed by atoms with Gasteiger partial charge in [-0.25, -0.2) is 4.52 Å². The van der Waals surface area contributed by atoms with Gasteiger partial charge in [-0.15, -0.1) is 5.10 Å². The summed E-state index contributed by atoms with van der Waals surface area (Å²) in [5, 5.41) is 3.96. The fourth-order valence-electron chi connectivity index (χ4n) is 1.06. The van der Waals surface area contributed by atoms with Crippen molar-refractivity contribution in [1.29, 1.82) is 0 Å². The first-order chi connectivity index (χ1) is 6.27. The molecule has 0 fully saturated rings. The molecule has 2 N–H and O–H groups in total. The summed E-state index contributed by atoms with van der Waals surface area (Å²) in [7, 11) is 0. The van der Waals surface area contributed by atoms with E-state index in [0.29, 0.717) is 5.95 Å². The van der Waals surface area contributed by atoms with Crippen molar-refractivity contribution in [3.05, 3.63) is 23.9 Å². The van der Waals surface area contributed by atoms with E-state index in [4.69, 9.17) is 5.73 Å². The van der Waals surface area contributed by atoms with E-state index < -0.39 is 0 Å².